The minimum absolute atomic E-state index is 0.305. The van der Waals surface area contributed by atoms with Crippen LogP contribution in [-0.4, -0.2) is 66.7 Å². The van der Waals surface area contributed by atoms with Gasteiger partial charge in [-0.1, -0.05) is 45.4 Å². The summed E-state index contributed by atoms with van der Waals surface area (Å²) in [5, 5.41) is 11.7. The van der Waals surface area contributed by atoms with E-state index in [1.54, 1.807) is 6.82 Å². The second-order valence-electron chi connectivity index (χ2n) is 9.96. The molecule has 37 heavy (non-hydrogen) atoms. The van der Waals surface area contributed by atoms with Crippen molar-refractivity contribution < 1.29 is 14.6 Å². The zero-order valence-electron chi connectivity index (χ0n) is 24.0. The monoisotopic (exact) mass is 566 g/mol. The van der Waals surface area contributed by atoms with E-state index in [9.17, 15) is 9.59 Å². The summed E-state index contributed by atoms with van der Waals surface area (Å²) in [5.74, 6) is 2.52. The van der Waals surface area contributed by atoms with Crippen molar-refractivity contribution in [1.29, 1.82) is 0 Å². The first kappa shape index (κ1) is 38.8. The van der Waals surface area contributed by atoms with Crippen LogP contribution in [0.2, 0.25) is 6.82 Å². The molecule has 10 heteroatoms. The predicted molar refractivity (Wildman–Crippen MR) is 161 cm³/mol. The first-order valence-corrected chi connectivity index (χ1v) is 15.5. The Morgan fingerprint density at radius 3 is 1.81 bits per heavy atom. The molecule has 2 aliphatic carbocycles. The Balaban J connectivity index is 0. The van der Waals surface area contributed by atoms with Crippen molar-refractivity contribution in [2.45, 2.75) is 111 Å². The van der Waals surface area contributed by atoms with Gasteiger partial charge >= 0.3 is 7.05 Å². The van der Waals surface area contributed by atoms with E-state index in [4.69, 9.17) is 39.7 Å². The van der Waals surface area contributed by atoms with Crippen LogP contribution in [0.3, 0.4) is 0 Å². The highest BCUT2D eigenvalue weighted by Gasteiger charge is 2.17. The number of carbonyl (C=O) groups is 2. The van der Waals surface area contributed by atoms with Gasteiger partial charge in [-0.15, -0.1) is 11.6 Å². The molecule has 3 fully saturated rings. The number of nitrogens with zero attached hydrogens (tertiary/aromatic N) is 1. The minimum Gasteiger partial charge on any atom is -0.437 e. The Bertz CT molecular complexity index is 522. The van der Waals surface area contributed by atoms with Crippen LogP contribution in [0.15, 0.2) is 0 Å². The maximum atomic E-state index is 10.7. The number of nitrogens with two attached hydrogens (primary N) is 2. The lowest BCUT2D eigenvalue weighted by molar-refractivity contribution is -0.127. The molecule has 0 radical (unpaired) electrons. The first-order valence-electron chi connectivity index (χ1n) is 14.6. The van der Waals surface area contributed by atoms with Crippen LogP contribution in [0.5, 0.6) is 0 Å². The third kappa shape index (κ3) is 27.0. The Morgan fingerprint density at radius 2 is 1.54 bits per heavy atom. The number of hydrogen-bond acceptors (Lipinski definition) is 6. The van der Waals surface area contributed by atoms with Crippen molar-refractivity contribution in [3.8, 4) is 0 Å². The lowest BCUT2D eigenvalue weighted by Gasteiger charge is -2.21. The van der Waals surface area contributed by atoms with Gasteiger partial charge in [0.05, 0.1) is 0 Å². The average molecular weight is 567 g/mol. The molecule has 7 nitrogen and oxygen atoms in total. The van der Waals surface area contributed by atoms with Crippen LogP contribution in [-0.2, 0) is 9.59 Å². The summed E-state index contributed by atoms with van der Waals surface area (Å²) < 4.78 is 0. The average Bonchev–Trinajstić information content (AvgIpc) is 3.33. The van der Waals surface area contributed by atoms with E-state index in [0.29, 0.717) is 24.6 Å². The van der Waals surface area contributed by atoms with E-state index < -0.39 is 0 Å². The molecular weight excluding hydrogens is 510 g/mol. The Labute approximate surface area is 238 Å². The number of halogens is 2. The lowest BCUT2D eigenvalue weighted by Crippen LogP contribution is -2.35. The summed E-state index contributed by atoms with van der Waals surface area (Å²) in [6, 6.07) is 0. The van der Waals surface area contributed by atoms with Crippen LogP contribution in [0, 0.1) is 11.8 Å². The third-order valence-electron chi connectivity index (χ3n) is 6.54. The largest absolute Gasteiger partial charge is 0.437 e. The van der Waals surface area contributed by atoms with Crippen molar-refractivity contribution in [3.63, 3.8) is 0 Å². The van der Waals surface area contributed by atoms with E-state index >= 15 is 0 Å². The Morgan fingerprint density at radius 1 is 1.03 bits per heavy atom. The van der Waals surface area contributed by atoms with Crippen LogP contribution in [0.4, 0.5) is 0 Å². The number of alkyl halides is 1. The zero-order valence-corrected chi connectivity index (χ0v) is 25.5. The molecule has 1 aliphatic heterocycles. The summed E-state index contributed by atoms with van der Waals surface area (Å²) >= 11 is 10.2. The quantitative estimate of drug-likeness (QED) is 0.183. The highest BCUT2D eigenvalue weighted by Crippen LogP contribution is 2.23. The molecule has 1 heterocycles. The maximum absolute atomic E-state index is 10.7. The standard InChI is InChI=1S/C8H18BNO.C7H15N.C6H11NO.C4H6Cl2O.C2H7N/c1-9(11)10-7-8-5-3-2-4-6-8;8-6-7-4-2-1-3-5-7;1-2-7-5-3-4-6(7)8;5-3-1-2-4(6)7;1-2-3/h8,10-11H,2-7H2,1H3;7H,1-6,8H2;2-5H2,1H3;1-3H2;2-3H2,1H3. The van der Waals surface area contributed by atoms with Crippen molar-refractivity contribution >= 4 is 41.4 Å². The fraction of sp³-hybridized carbons (Fsp3) is 0.926. The van der Waals surface area contributed by atoms with Crippen molar-refractivity contribution in [2.75, 3.05) is 38.6 Å². The fourth-order valence-electron chi connectivity index (χ4n) is 4.40. The van der Waals surface area contributed by atoms with E-state index in [0.717, 1.165) is 57.4 Å². The molecule has 0 aromatic carbocycles. The van der Waals surface area contributed by atoms with Gasteiger partial charge in [0.15, 0.2) is 0 Å². The topological polar surface area (TPSA) is 122 Å². The van der Waals surface area contributed by atoms with Gasteiger partial charge in [-0.2, -0.15) is 0 Å². The van der Waals surface area contributed by atoms with E-state index in [2.05, 4.69) is 5.23 Å². The Kier molecular flexibility index (Phi) is 30.0. The second-order valence-corrected chi connectivity index (χ2v) is 10.8. The molecule has 6 N–H and O–H groups in total. The highest BCUT2D eigenvalue weighted by molar-refractivity contribution is 6.63. The van der Waals surface area contributed by atoms with Gasteiger partial charge in [0.2, 0.25) is 11.1 Å². The normalized spacial score (nSPS) is 17.6. The van der Waals surface area contributed by atoms with Crippen LogP contribution >= 0.6 is 23.2 Å². The molecule has 0 atom stereocenters. The van der Waals surface area contributed by atoms with E-state index in [1.165, 1.54) is 64.2 Å². The molecule has 0 bridgehead atoms. The number of rotatable bonds is 8. The van der Waals surface area contributed by atoms with Crippen LogP contribution < -0.4 is 16.7 Å². The number of likely N-dealkylation sites (tertiary alicyclic amines) is 1. The van der Waals surface area contributed by atoms with Gasteiger partial charge in [-0.05, 0) is 95.3 Å². The summed E-state index contributed by atoms with van der Waals surface area (Å²) in [6.07, 6.45) is 16.8. The minimum atomic E-state index is -0.336. The van der Waals surface area contributed by atoms with Gasteiger partial charge < -0.3 is 26.6 Å². The highest BCUT2D eigenvalue weighted by atomic mass is 35.5. The fourth-order valence-corrected chi connectivity index (χ4v) is 4.66. The van der Waals surface area contributed by atoms with Crippen LogP contribution in [0.1, 0.15) is 104 Å². The molecule has 2 saturated carbocycles. The van der Waals surface area contributed by atoms with Gasteiger partial charge in [-0.3, -0.25) is 9.59 Å². The Hall–Kier alpha value is -0.375. The predicted octanol–water partition coefficient (Wildman–Crippen LogP) is 5.16. The number of nitrogens with one attached hydrogen (secondary N) is 1. The lowest BCUT2D eigenvalue weighted by atomic mass is 9.84. The molecule has 0 unspecified atom stereocenters. The van der Waals surface area contributed by atoms with Crippen LogP contribution in [0.25, 0.3) is 0 Å². The smallest absolute Gasteiger partial charge is 0.373 e. The van der Waals surface area contributed by atoms with Crippen molar-refractivity contribution in [3.05, 3.63) is 0 Å². The SMILES string of the molecule is CB(O)NCC1CCCCC1.CCN.CCN1CCCC1=O.NCC1CCCCC1.O=C(Cl)CCCCl. The number of carbonyl (C=O) groups excluding carboxylic acids is 2. The molecule has 0 aromatic heterocycles. The molecule has 220 valence electrons. The summed E-state index contributed by atoms with van der Waals surface area (Å²) in [4.78, 5) is 22.5. The molecule has 0 aromatic rings. The molecule has 0 spiro atoms. The zero-order chi connectivity index (χ0) is 28.3. The maximum Gasteiger partial charge on any atom is 0.373 e. The van der Waals surface area contributed by atoms with Crippen molar-refractivity contribution in [1.82, 2.24) is 10.1 Å². The molecule has 3 aliphatic rings. The van der Waals surface area contributed by atoms with Crippen molar-refractivity contribution in [2.24, 2.45) is 23.3 Å². The summed E-state index contributed by atoms with van der Waals surface area (Å²) in [5.41, 5.74) is 10.4. The summed E-state index contributed by atoms with van der Waals surface area (Å²) in [6.45, 7) is 10.2. The molecule has 1 amide bonds. The number of hydrogen-bond donors (Lipinski definition) is 4. The molecule has 3 rings (SSSR count). The van der Waals surface area contributed by atoms with E-state index in [1.807, 2.05) is 18.7 Å². The van der Waals surface area contributed by atoms with E-state index in [-0.39, 0.29) is 12.3 Å². The first-order chi connectivity index (χ1) is 17.7. The van der Waals surface area contributed by atoms with Gasteiger partial charge in [0, 0.05) is 31.8 Å². The number of amides is 1. The summed E-state index contributed by atoms with van der Waals surface area (Å²) in [7, 11) is -0.336. The second kappa shape index (κ2) is 28.6. The molecular formula is C27H57BCl2N4O3. The third-order valence-corrected chi connectivity index (χ3v) is 7.00. The van der Waals surface area contributed by atoms with Gasteiger partial charge in [-0.25, -0.2) is 0 Å². The van der Waals surface area contributed by atoms with Gasteiger partial charge in [0.25, 0.3) is 0 Å². The molecule has 1 saturated heterocycles. The van der Waals surface area contributed by atoms with Gasteiger partial charge in [0.1, 0.15) is 0 Å².